The van der Waals surface area contributed by atoms with E-state index < -0.39 is 0 Å². The van der Waals surface area contributed by atoms with Crippen LogP contribution in [0.5, 0.6) is 0 Å². The monoisotopic (exact) mass is 622 g/mol. The number of rotatable bonds is 4. The van der Waals surface area contributed by atoms with Crippen molar-refractivity contribution in [2.24, 2.45) is 0 Å². The largest absolute Gasteiger partial charge is 0.0622 e. The summed E-state index contributed by atoms with van der Waals surface area (Å²) in [6, 6.07) is 63.0. The molecule has 9 aromatic rings. The molecule has 0 saturated heterocycles. The Labute approximate surface area is 286 Å². The zero-order valence-corrected chi connectivity index (χ0v) is 27.7. The Balaban J connectivity index is 1.20. The van der Waals surface area contributed by atoms with Crippen molar-refractivity contribution >= 4 is 43.1 Å². The molecular weight excluding hydrogens is 589 g/mol. The fourth-order valence-electron chi connectivity index (χ4n) is 8.71. The second kappa shape index (κ2) is 10.5. The van der Waals surface area contributed by atoms with Crippen molar-refractivity contribution in [2.75, 3.05) is 0 Å². The van der Waals surface area contributed by atoms with Crippen molar-refractivity contribution in [3.8, 4) is 44.5 Å². The highest BCUT2D eigenvalue weighted by atomic mass is 14.4. The molecule has 0 nitrogen and oxygen atoms in total. The van der Waals surface area contributed by atoms with Crippen molar-refractivity contribution in [3.05, 3.63) is 181 Å². The van der Waals surface area contributed by atoms with Crippen molar-refractivity contribution in [2.45, 2.75) is 19.3 Å². The molecule has 49 heavy (non-hydrogen) atoms. The average Bonchev–Trinajstić information content (AvgIpc) is 3.40. The van der Waals surface area contributed by atoms with Gasteiger partial charge in [-0.15, -0.1) is 0 Å². The van der Waals surface area contributed by atoms with Gasteiger partial charge in [0.15, 0.2) is 0 Å². The smallest absolute Gasteiger partial charge is 0.0159 e. The van der Waals surface area contributed by atoms with Crippen LogP contribution in [0.25, 0.3) is 87.6 Å². The van der Waals surface area contributed by atoms with Gasteiger partial charge in [0.1, 0.15) is 0 Å². The first-order valence-electron chi connectivity index (χ1n) is 17.3. The molecule has 0 atom stereocenters. The molecule has 230 valence electrons. The summed E-state index contributed by atoms with van der Waals surface area (Å²) in [6.45, 7) is 4.75. The molecule has 0 amide bonds. The number of hydrogen-bond acceptors (Lipinski definition) is 0. The molecule has 0 aliphatic heterocycles. The summed E-state index contributed by atoms with van der Waals surface area (Å²) in [5.74, 6) is 0. The predicted octanol–water partition coefficient (Wildman–Crippen LogP) is 13.6. The van der Waals surface area contributed by atoms with Crippen LogP contribution in [0.15, 0.2) is 170 Å². The normalized spacial score (nSPS) is 13.3. The van der Waals surface area contributed by atoms with Crippen LogP contribution in [0.2, 0.25) is 0 Å². The van der Waals surface area contributed by atoms with Crippen LogP contribution in [-0.4, -0.2) is 0 Å². The van der Waals surface area contributed by atoms with Crippen LogP contribution in [-0.2, 0) is 5.41 Å². The van der Waals surface area contributed by atoms with E-state index in [4.69, 9.17) is 0 Å². The van der Waals surface area contributed by atoms with Crippen LogP contribution < -0.4 is 0 Å². The minimum atomic E-state index is -0.0248. The molecule has 10 rings (SSSR count). The third-order valence-corrected chi connectivity index (χ3v) is 11.0. The lowest BCUT2D eigenvalue weighted by molar-refractivity contribution is 0.663. The fourth-order valence-corrected chi connectivity index (χ4v) is 8.71. The molecule has 0 heterocycles. The molecular formula is C49H34. The van der Waals surface area contributed by atoms with Crippen molar-refractivity contribution in [1.29, 1.82) is 0 Å². The second-order valence-electron chi connectivity index (χ2n) is 14.0. The molecule has 0 heteroatoms. The predicted molar refractivity (Wildman–Crippen MR) is 210 cm³/mol. The fraction of sp³-hybridized carbons (Fsp3) is 0.0612. The standard InChI is InChI=1S/C49H34/c1-49(2)43-23-11-17-36-30-42(41-22-12-24-44(49)48(41)46(36)43)47-39-20-8-6-18-37(39)45(38-19-7-9-21-40(38)47)33-27-25-32(26-28-33)35-16-10-15-34(29-35)31-13-4-3-5-14-31/h3-30H,1-2H3. The molecule has 0 radical (unpaired) electrons. The van der Waals surface area contributed by atoms with E-state index in [0.29, 0.717) is 0 Å². The Bertz CT molecular complexity index is 2710. The van der Waals surface area contributed by atoms with E-state index in [1.54, 1.807) is 0 Å². The zero-order valence-electron chi connectivity index (χ0n) is 27.7. The molecule has 0 aromatic heterocycles. The third kappa shape index (κ3) is 4.11. The molecule has 0 bridgehead atoms. The van der Waals surface area contributed by atoms with Gasteiger partial charge in [-0.05, 0) is 111 Å². The van der Waals surface area contributed by atoms with Gasteiger partial charge in [0.2, 0.25) is 0 Å². The highest BCUT2D eigenvalue weighted by Crippen LogP contribution is 2.53. The van der Waals surface area contributed by atoms with E-state index in [2.05, 4.69) is 184 Å². The maximum atomic E-state index is 2.46. The quantitative estimate of drug-likeness (QED) is 0.135. The van der Waals surface area contributed by atoms with Gasteiger partial charge >= 0.3 is 0 Å². The van der Waals surface area contributed by atoms with Gasteiger partial charge in [-0.25, -0.2) is 0 Å². The van der Waals surface area contributed by atoms with E-state index in [0.717, 1.165) is 0 Å². The third-order valence-electron chi connectivity index (χ3n) is 11.0. The Morgan fingerprint density at radius 3 is 1.45 bits per heavy atom. The van der Waals surface area contributed by atoms with Gasteiger partial charge in [0.25, 0.3) is 0 Å². The highest BCUT2D eigenvalue weighted by molar-refractivity contribution is 6.27. The lowest BCUT2D eigenvalue weighted by atomic mass is 9.81. The number of fused-ring (bicyclic) bond motifs is 2. The van der Waals surface area contributed by atoms with Crippen LogP contribution in [0, 0.1) is 0 Å². The molecule has 0 unspecified atom stereocenters. The summed E-state index contributed by atoms with van der Waals surface area (Å²) in [6.07, 6.45) is 0. The van der Waals surface area contributed by atoms with Crippen LogP contribution in [0.4, 0.5) is 0 Å². The molecule has 0 N–H and O–H groups in total. The van der Waals surface area contributed by atoms with Crippen molar-refractivity contribution < 1.29 is 0 Å². The van der Waals surface area contributed by atoms with E-state index in [1.807, 2.05) is 0 Å². The van der Waals surface area contributed by atoms with E-state index >= 15 is 0 Å². The van der Waals surface area contributed by atoms with E-state index in [9.17, 15) is 0 Å². The van der Waals surface area contributed by atoms with Gasteiger partial charge < -0.3 is 0 Å². The Morgan fingerprint density at radius 1 is 0.327 bits per heavy atom. The topological polar surface area (TPSA) is 0 Å². The Hall–Kier alpha value is -5.98. The highest BCUT2D eigenvalue weighted by Gasteiger charge is 2.34. The van der Waals surface area contributed by atoms with Gasteiger partial charge in [0, 0.05) is 5.41 Å². The SMILES string of the molecule is CC1(C)c2cccc3cc(-c4c5ccccc5c(-c5ccc(-c6cccc(-c7ccccc7)c6)cc5)c5ccccc45)c4cccc1c4c23. The summed E-state index contributed by atoms with van der Waals surface area (Å²) in [5.41, 5.74) is 12.9. The van der Waals surface area contributed by atoms with E-state index in [1.165, 1.54) is 98.7 Å². The summed E-state index contributed by atoms with van der Waals surface area (Å²) < 4.78 is 0. The van der Waals surface area contributed by atoms with Crippen LogP contribution in [0.1, 0.15) is 25.0 Å². The maximum absolute atomic E-state index is 2.46. The van der Waals surface area contributed by atoms with E-state index in [-0.39, 0.29) is 5.41 Å². The molecule has 1 aliphatic rings. The molecule has 0 saturated carbocycles. The maximum Gasteiger partial charge on any atom is 0.0159 e. The van der Waals surface area contributed by atoms with Gasteiger partial charge in [-0.1, -0.05) is 172 Å². The van der Waals surface area contributed by atoms with Crippen molar-refractivity contribution in [1.82, 2.24) is 0 Å². The molecule has 1 aliphatic carbocycles. The van der Waals surface area contributed by atoms with Crippen LogP contribution >= 0.6 is 0 Å². The summed E-state index contributed by atoms with van der Waals surface area (Å²) in [4.78, 5) is 0. The summed E-state index contributed by atoms with van der Waals surface area (Å²) >= 11 is 0. The first-order valence-corrected chi connectivity index (χ1v) is 17.3. The van der Waals surface area contributed by atoms with Gasteiger partial charge in [-0.3, -0.25) is 0 Å². The Morgan fingerprint density at radius 2 is 0.796 bits per heavy atom. The summed E-state index contributed by atoms with van der Waals surface area (Å²) in [5, 5.41) is 10.6. The van der Waals surface area contributed by atoms with Crippen molar-refractivity contribution in [3.63, 3.8) is 0 Å². The van der Waals surface area contributed by atoms with Gasteiger partial charge in [0.05, 0.1) is 0 Å². The molecule has 0 fully saturated rings. The minimum Gasteiger partial charge on any atom is -0.0622 e. The average molecular weight is 623 g/mol. The lowest BCUT2D eigenvalue weighted by Gasteiger charge is -2.21. The summed E-state index contributed by atoms with van der Waals surface area (Å²) in [7, 11) is 0. The van der Waals surface area contributed by atoms with Gasteiger partial charge in [-0.2, -0.15) is 0 Å². The number of hydrogen-bond donors (Lipinski definition) is 0. The lowest BCUT2D eigenvalue weighted by Crippen LogP contribution is -2.14. The van der Waals surface area contributed by atoms with Crippen LogP contribution in [0.3, 0.4) is 0 Å². The second-order valence-corrected chi connectivity index (χ2v) is 14.0. The minimum absolute atomic E-state index is 0.0248. The first-order chi connectivity index (χ1) is 24.1. The Kier molecular flexibility index (Phi) is 6.02. The number of benzene rings is 9. The first kappa shape index (κ1) is 28.1. The molecule has 0 spiro atoms. The molecule has 9 aromatic carbocycles. The zero-order chi connectivity index (χ0) is 32.7.